The molecule has 0 fully saturated rings. The zero-order valence-electron chi connectivity index (χ0n) is 8.77. The minimum Gasteiger partial charge on any atom is -0.478 e. The second-order valence-electron chi connectivity index (χ2n) is 3.18. The van der Waals surface area contributed by atoms with Crippen molar-refractivity contribution in [2.75, 3.05) is 7.05 Å². The predicted octanol–water partition coefficient (Wildman–Crippen LogP) is -0.317. The SMILES string of the molecule is CNC(=O)CCn1cc(C(=O)O)ccc1=O. The van der Waals surface area contributed by atoms with E-state index in [1.165, 1.54) is 29.9 Å². The molecule has 1 aromatic heterocycles. The predicted molar refractivity (Wildman–Crippen MR) is 56.3 cm³/mol. The highest BCUT2D eigenvalue weighted by atomic mass is 16.4. The van der Waals surface area contributed by atoms with E-state index >= 15 is 0 Å². The molecule has 0 saturated heterocycles. The molecule has 6 nitrogen and oxygen atoms in total. The molecule has 0 unspecified atom stereocenters. The maximum Gasteiger partial charge on any atom is 0.337 e. The number of aryl methyl sites for hydroxylation is 1. The Labute approximate surface area is 91.5 Å². The van der Waals surface area contributed by atoms with Gasteiger partial charge in [-0.1, -0.05) is 0 Å². The molecule has 16 heavy (non-hydrogen) atoms. The summed E-state index contributed by atoms with van der Waals surface area (Å²) >= 11 is 0. The van der Waals surface area contributed by atoms with Crippen LogP contribution in [-0.4, -0.2) is 28.6 Å². The number of nitrogens with zero attached hydrogens (tertiary/aromatic N) is 1. The minimum atomic E-state index is -1.10. The van der Waals surface area contributed by atoms with Crippen LogP contribution >= 0.6 is 0 Å². The van der Waals surface area contributed by atoms with Crippen LogP contribution in [0, 0.1) is 0 Å². The maximum absolute atomic E-state index is 11.3. The molecule has 0 radical (unpaired) electrons. The summed E-state index contributed by atoms with van der Waals surface area (Å²) < 4.78 is 1.21. The number of hydrogen-bond acceptors (Lipinski definition) is 3. The van der Waals surface area contributed by atoms with Crippen LogP contribution in [0.1, 0.15) is 16.8 Å². The summed E-state index contributed by atoms with van der Waals surface area (Å²) in [5.74, 6) is -1.30. The molecule has 1 aromatic rings. The molecule has 6 heteroatoms. The zero-order chi connectivity index (χ0) is 12.1. The number of amides is 1. The maximum atomic E-state index is 11.3. The fourth-order valence-corrected chi connectivity index (χ4v) is 1.18. The molecule has 0 aromatic carbocycles. The standard InChI is InChI=1S/C10H12N2O4/c1-11-8(13)4-5-12-6-7(10(15)16)2-3-9(12)14/h2-3,6H,4-5H2,1H3,(H,11,13)(H,15,16). The summed E-state index contributed by atoms with van der Waals surface area (Å²) in [6.07, 6.45) is 1.37. The number of rotatable bonds is 4. The number of carbonyl (C=O) groups excluding carboxylic acids is 1. The first-order valence-electron chi connectivity index (χ1n) is 4.69. The Balaban J connectivity index is 2.86. The minimum absolute atomic E-state index is 0.0245. The lowest BCUT2D eigenvalue weighted by Gasteiger charge is -2.05. The molecule has 0 aliphatic rings. The number of carbonyl (C=O) groups is 2. The Morgan fingerprint density at radius 2 is 2.12 bits per heavy atom. The second-order valence-corrected chi connectivity index (χ2v) is 3.18. The highest BCUT2D eigenvalue weighted by Crippen LogP contribution is 1.96. The van der Waals surface area contributed by atoms with Gasteiger partial charge in [0.05, 0.1) is 5.56 Å². The third-order valence-corrected chi connectivity index (χ3v) is 2.09. The van der Waals surface area contributed by atoms with E-state index in [-0.39, 0.29) is 30.0 Å². The molecule has 0 saturated carbocycles. The highest BCUT2D eigenvalue weighted by Gasteiger charge is 2.06. The van der Waals surface area contributed by atoms with Crippen LogP contribution in [0.3, 0.4) is 0 Å². The van der Waals surface area contributed by atoms with Gasteiger partial charge in [0.15, 0.2) is 0 Å². The van der Waals surface area contributed by atoms with Gasteiger partial charge in [-0.15, -0.1) is 0 Å². The summed E-state index contributed by atoms with van der Waals surface area (Å²) in [5, 5.41) is 11.2. The molecule has 0 spiro atoms. The fraction of sp³-hybridized carbons (Fsp3) is 0.300. The van der Waals surface area contributed by atoms with Gasteiger partial charge < -0.3 is 15.0 Å². The molecule has 1 heterocycles. The molecule has 0 atom stereocenters. The number of hydrogen-bond donors (Lipinski definition) is 2. The molecule has 0 bridgehead atoms. The van der Waals surface area contributed by atoms with Crippen molar-refractivity contribution in [3.8, 4) is 0 Å². The van der Waals surface area contributed by atoms with Crippen LogP contribution < -0.4 is 10.9 Å². The van der Waals surface area contributed by atoms with Crippen LogP contribution in [-0.2, 0) is 11.3 Å². The van der Waals surface area contributed by atoms with Crippen molar-refractivity contribution in [2.24, 2.45) is 0 Å². The van der Waals surface area contributed by atoms with Crippen molar-refractivity contribution in [3.63, 3.8) is 0 Å². The van der Waals surface area contributed by atoms with E-state index in [0.717, 1.165) is 0 Å². The monoisotopic (exact) mass is 224 g/mol. The number of pyridine rings is 1. The van der Waals surface area contributed by atoms with E-state index in [2.05, 4.69) is 5.32 Å². The van der Waals surface area contributed by atoms with E-state index in [4.69, 9.17) is 5.11 Å². The second kappa shape index (κ2) is 5.11. The molecule has 1 rings (SSSR count). The normalized spacial score (nSPS) is 9.81. The Morgan fingerprint density at radius 1 is 1.44 bits per heavy atom. The summed E-state index contributed by atoms with van der Waals surface area (Å²) in [5.41, 5.74) is -0.301. The smallest absolute Gasteiger partial charge is 0.337 e. The highest BCUT2D eigenvalue weighted by molar-refractivity contribution is 5.87. The van der Waals surface area contributed by atoms with Gasteiger partial charge in [-0.05, 0) is 6.07 Å². The van der Waals surface area contributed by atoms with Gasteiger partial charge in [0.2, 0.25) is 5.91 Å². The van der Waals surface area contributed by atoms with Crippen LogP contribution in [0.5, 0.6) is 0 Å². The molecule has 0 aliphatic carbocycles. The van der Waals surface area contributed by atoms with Gasteiger partial charge in [0, 0.05) is 32.3 Å². The molecular formula is C10H12N2O4. The van der Waals surface area contributed by atoms with Gasteiger partial charge in [-0.25, -0.2) is 4.79 Å². The lowest BCUT2D eigenvalue weighted by Crippen LogP contribution is -2.25. The number of carboxylic acids is 1. The quantitative estimate of drug-likeness (QED) is 0.733. The fourth-order valence-electron chi connectivity index (χ4n) is 1.18. The van der Waals surface area contributed by atoms with Gasteiger partial charge in [0.1, 0.15) is 0 Å². The van der Waals surface area contributed by atoms with Crippen LogP contribution in [0.4, 0.5) is 0 Å². The average Bonchev–Trinajstić information content (AvgIpc) is 2.27. The Morgan fingerprint density at radius 3 is 2.69 bits per heavy atom. The summed E-state index contributed by atoms with van der Waals surface area (Å²) in [4.78, 5) is 33.0. The summed E-state index contributed by atoms with van der Waals surface area (Å²) in [6, 6.07) is 2.41. The van der Waals surface area contributed by atoms with Crippen molar-refractivity contribution in [2.45, 2.75) is 13.0 Å². The van der Waals surface area contributed by atoms with E-state index in [0.29, 0.717) is 0 Å². The van der Waals surface area contributed by atoms with Gasteiger partial charge in [0.25, 0.3) is 5.56 Å². The first-order chi connectivity index (χ1) is 7.54. The Bertz CT molecular complexity index is 464. The van der Waals surface area contributed by atoms with E-state index in [9.17, 15) is 14.4 Å². The third kappa shape index (κ3) is 2.94. The Hall–Kier alpha value is -2.11. The number of carboxylic acid groups (broad SMARTS) is 1. The molecule has 0 aliphatic heterocycles. The molecule has 2 N–H and O–H groups in total. The van der Waals surface area contributed by atoms with Gasteiger partial charge >= 0.3 is 5.97 Å². The van der Waals surface area contributed by atoms with Gasteiger partial charge in [-0.2, -0.15) is 0 Å². The van der Waals surface area contributed by atoms with Crippen molar-refractivity contribution in [1.29, 1.82) is 0 Å². The first-order valence-corrected chi connectivity index (χ1v) is 4.69. The third-order valence-electron chi connectivity index (χ3n) is 2.09. The molecule has 1 amide bonds. The largest absolute Gasteiger partial charge is 0.478 e. The van der Waals surface area contributed by atoms with Crippen LogP contribution in [0.2, 0.25) is 0 Å². The number of aromatic carboxylic acids is 1. The summed E-state index contributed by atoms with van der Waals surface area (Å²) in [7, 11) is 1.50. The molecular weight excluding hydrogens is 212 g/mol. The van der Waals surface area contributed by atoms with Gasteiger partial charge in [-0.3, -0.25) is 9.59 Å². The molecule has 86 valence electrons. The van der Waals surface area contributed by atoms with Crippen molar-refractivity contribution in [1.82, 2.24) is 9.88 Å². The van der Waals surface area contributed by atoms with Crippen LogP contribution in [0.25, 0.3) is 0 Å². The van der Waals surface area contributed by atoms with E-state index in [1.54, 1.807) is 0 Å². The van der Waals surface area contributed by atoms with Crippen LogP contribution in [0.15, 0.2) is 23.1 Å². The number of nitrogens with one attached hydrogen (secondary N) is 1. The Kier molecular flexibility index (Phi) is 3.82. The summed E-state index contributed by atoms with van der Waals surface area (Å²) in [6.45, 7) is 0.166. The zero-order valence-corrected chi connectivity index (χ0v) is 8.77. The van der Waals surface area contributed by atoms with Crippen molar-refractivity contribution >= 4 is 11.9 Å². The first kappa shape index (κ1) is 12.0. The van der Waals surface area contributed by atoms with E-state index in [1.807, 2.05) is 0 Å². The van der Waals surface area contributed by atoms with E-state index < -0.39 is 5.97 Å². The number of aromatic nitrogens is 1. The van der Waals surface area contributed by atoms with Crippen molar-refractivity contribution < 1.29 is 14.7 Å². The lowest BCUT2D eigenvalue weighted by atomic mass is 10.3. The average molecular weight is 224 g/mol. The topological polar surface area (TPSA) is 88.4 Å². The lowest BCUT2D eigenvalue weighted by molar-refractivity contribution is -0.120. The van der Waals surface area contributed by atoms with Crippen molar-refractivity contribution in [3.05, 3.63) is 34.2 Å².